The highest BCUT2D eigenvalue weighted by Crippen LogP contribution is 2.51. The van der Waals surface area contributed by atoms with Gasteiger partial charge in [0.15, 0.2) is 11.6 Å². The second-order valence-electron chi connectivity index (χ2n) is 7.77. The molecule has 2 aliphatic carbocycles. The van der Waals surface area contributed by atoms with Crippen molar-refractivity contribution in [2.75, 3.05) is 0 Å². The highest BCUT2D eigenvalue weighted by atomic mass is 16.8. The third kappa shape index (κ3) is 2.39. The van der Waals surface area contributed by atoms with Gasteiger partial charge in [-0.3, -0.25) is 0 Å². The van der Waals surface area contributed by atoms with Gasteiger partial charge in [0.1, 0.15) is 18.3 Å². The van der Waals surface area contributed by atoms with E-state index in [4.69, 9.17) is 18.9 Å². The number of hydrogen-bond acceptors (Lipinski definition) is 5. The molecule has 0 aromatic heterocycles. The van der Waals surface area contributed by atoms with E-state index in [9.17, 15) is 5.11 Å². The summed E-state index contributed by atoms with van der Waals surface area (Å²) in [7, 11) is 0. The fourth-order valence-corrected chi connectivity index (χ4v) is 4.94. The molecule has 5 nitrogen and oxygen atoms in total. The predicted octanol–water partition coefficient (Wildman–Crippen LogP) is 2.74. The van der Waals surface area contributed by atoms with E-state index >= 15 is 0 Å². The number of rotatable bonds is 2. The highest BCUT2D eigenvalue weighted by Gasteiger charge is 2.63. The smallest absolute Gasteiger partial charge is 0.169 e. The first kappa shape index (κ1) is 16.3. The summed E-state index contributed by atoms with van der Waals surface area (Å²) in [5.41, 5.74) is 0. The van der Waals surface area contributed by atoms with Crippen molar-refractivity contribution >= 4 is 0 Å². The fourth-order valence-electron chi connectivity index (χ4n) is 4.94. The lowest BCUT2D eigenvalue weighted by Gasteiger charge is -2.39. The normalized spacial score (nSPS) is 47.5. The Balaban J connectivity index is 1.57. The summed E-state index contributed by atoms with van der Waals surface area (Å²) in [5, 5.41) is 10.9. The van der Waals surface area contributed by atoms with Gasteiger partial charge in [-0.15, -0.1) is 0 Å². The minimum Gasteiger partial charge on any atom is -0.387 e. The second-order valence-corrected chi connectivity index (χ2v) is 7.77. The zero-order valence-electron chi connectivity index (χ0n) is 14.5. The maximum Gasteiger partial charge on any atom is 0.169 e. The van der Waals surface area contributed by atoms with Crippen LogP contribution in [0.1, 0.15) is 65.7 Å². The van der Waals surface area contributed by atoms with Crippen molar-refractivity contribution in [2.45, 2.75) is 108 Å². The van der Waals surface area contributed by atoms with Gasteiger partial charge in [0, 0.05) is 18.8 Å². The summed E-state index contributed by atoms with van der Waals surface area (Å²) < 4.78 is 25.2. The van der Waals surface area contributed by atoms with Crippen LogP contribution in [0.3, 0.4) is 0 Å². The van der Waals surface area contributed by atoms with Crippen molar-refractivity contribution in [1.82, 2.24) is 0 Å². The molecule has 2 saturated carbocycles. The molecule has 4 rings (SSSR count). The molecule has 4 fully saturated rings. The lowest BCUT2D eigenvalue weighted by Crippen LogP contribution is -2.57. The van der Waals surface area contributed by atoms with Crippen LogP contribution in [0.25, 0.3) is 0 Å². The Kier molecular flexibility index (Phi) is 4.01. The molecule has 1 N–H and O–H groups in total. The lowest BCUT2D eigenvalue weighted by atomic mass is 9.80. The monoisotopic (exact) mass is 326 g/mol. The van der Waals surface area contributed by atoms with Crippen LogP contribution < -0.4 is 0 Å². The molecule has 0 amide bonds. The van der Waals surface area contributed by atoms with Gasteiger partial charge in [-0.25, -0.2) is 0 Å². The van der Waals surface area contributed by atoms with E-state index in [2.05, 4.69) is 20.8 Å². The van der Waals surface area contributed by atoms with Crippen molar-refractivity contribution in [1.29, 1.82) is 0 Å². The Bertz CT molecular complexity index is 413. The Morgan fingerprint density at radius 3 is 2.00 bits per heavy atom. The maximum atomic E-state index is 10.9. The van der Waals surface area contributed by atoms with Gasteiger partial charge in [-0.1, -0.05) is 27.2 Å². The SMILES string of the molecule is CCC1(CC)O[C@@H]2[C@@H](C)[C@@H]3OC4(CCCCC4)O[C@H]3[C@H](O)[C@@H]2O1. The van der Waals surface area contributed by atoms with Gasteiger partial charge in [0.05, 0.1) is 12.2 Å². The summed E-state index contributed by atoms with van der Waals surface area (Å²) in [6.07, 6.45) is 5.47. The molecule has 0 aromatic rings. The molecule has 1 spiro atoms. The van der Waals surface area contributed by atoms with E-state index in [1.807, 2.05) is 0 Å². The molecule has 0 bridgehead atoms. The van der Waals surface area contributed by atoms with Crippen LogP contribution in [0.5, 0.6) is 0 Å². The standard InChI is InChI=1S/C18H30O5/c1-4-17(5-2)20-13-11(3)14-16(12(19)15(13)22-17)23-18(21-14)9-7-6-8-10-18/h11-16,19H,4-10H2,1-3H3/t11-,12-,13-,14+,15+,16+/m1/s1. The molecule has 4 aliphatic rings. The molecular formula is C18H30O5. The molecule has 5 heteroatoms. The van der Waals surface area contributed by atoms with E-state index in [0.29, 0.717) is 0 Å². The van der Waals surface area contributed by atoms with Crippen LogP contribution in [0, 0.1) is 5.92 Å². The van der Waals surface area contributed by atoms with Crippen LogP contribution >= 0.6 is 0 Å². The summed E-state index contributed by atoms with van der Waals surface area (Å²) >= 11 is 0. The molecule has 23 heavy (non-hydrogen) atoms. The second kappa shape index (κ2) is 5.67. The minimum absolute atomic E-state index is 0.0996. The first-order valence-electron chi connectivity index (χ1n) is 9.42. The topological polar surface area (TPSA) is 57.2 Å². The first-order valence-corrected chi connectivity index (χ1v) is 9.42. The molecule has 0 aromatic carbocycles. The lowest BCUT2D eigenvalue weighted by molar-refractivity contribution is -0.215. The fraction of sp³-hybridized carbons (Fsp3) is 1.00. The Morgan fingerprint density at radius 2 is 1.35 bits per heavy atom. The summed E-state index contributed by atoms with van der Waals surface area (Å²) in [4.78, 5) is 0. The van der Waals surface area contributed by atoms with Crippen molar-refractivity contribution < 1.29 is 24.1 Å². The number of aliphatic hydroxyl groups excluding tert-OH is 1. The Morgan fingerprint density at radius 1 is 0.826 bits per heavy atom. The summed E-state index contributed by atoms with van der Waals surface area (Å²) in [6, 6.07) is 0. The third-order valence-electron chi connectivity index (χ3n) is 6.45. The van der Waals surface area contributed by atoms with E-state index in [-0.39, 0.29) is 30.3 Å². The average molecular weight is 326 g/mol. The van der Waals surface area contributed by atoms with Gasteiger partial charge in [-0.05, 0) is 25.7 Å². The van der Waals surface area contributed by atoms with Crippen molar-refractivity contribution in [3.8, 4) is 0 Å². The van der Waals surface area contributed by atoms with Gasteiger partial charge in [-0.2, -0.15) is 0 Å². The quantitative estimate of drug-likeness (QED) is 0.845. The third-order valence-corrected chi connectivity index (χ3v) is 6.45. The van der Waals surface area contributed by atoms with Gasteiger partial charge >= 0.3 is 0 Å². The van der Waals surface area contributed by atoms with Crippen molar-refractivity contribution in [2.24, 2.45) is 5.92 Å². The average Bonchev–Trinajstić information content (AvgIpc) is 3.14. The van der Waals surface area contributed by atoms with Crippen molar-refractivity contribution in [3.63, 3.8) is 0 Å². The number of ether oxygens (including phenoxy) is 4. The molecule has 132 valence electrons. The van der Waals surface area contributed by atoms with Gasteiger partial charge in [0.2, 0.25) is 0 Å². The molecule has 2 aliphatic heterocycles. The Hall–Kier alpha value is -0.200. The van der Waals surface area contributed by atoms with Crippen LogP contribution in [-0.2, 0) is 18.9 Å². The highest BCUT2D eigenvalue weighted by molar-refractivity contribution is 5.07. The van der Waals surface area contributed by atoms with Crippen LogP contribution in [0.15, 0.2) is 0 Å². The molecule has 0 radical (unpaired) electrons. The van der Waals surface area contributed by atoms with E-state index in [1.165, 1.54) is 6.42 Å². The van der Waals surface area contributed by atoms with Crippen LogP contribution in [0.2, 0.25) is 0 Å². The largest absolute Gasteiger partial charge is 0.387 e. The van der Waals surface area contributed by atoms with Gasteiger partial charge < -0.3 is 24.1 Å². The maximum absolute atomic E-state index is 10.9. The first-order chi connectivity index (χ1) is 11.0. The number of aliphatic hydroxyl groups is 1. The van der Waals surface area contributed by atoms with E-state index in [0.717, 1.165) is 38.5 Å². The predicted molar refractivity (Wildman–Crippen MR) is 83.8 cm³/mol. The minimum atomic E-state index is -0.678. The van der Waals surface area contributed by atoms with E-state index in [1.54, 1.807) is 0 Å². The molecule has 0 unspecified atom stereocenters. The van der Waals surface area contributed by atoms with Gasteiger partial charge in [0.25, 0.3) is 0 Å². The Labute approximate surface area is 138 Å². The molecule has 2 saturated heterocycles. The van der Waals surface area contributed by atoms with E-state index < -0.39 is 17.7 Å². The van der Waals surface area contributed by atoms with Crippen molar-refractivity contribution in [3.05, 3.63) is 0 Å². The number of hydrogen-bond donors (Lipinski definition) is 1. The zero-order valence-corrected chi connectivity index (χ0v) is 14.5. The summed E-state index contributed by atoms with van der Waals surface area (Å²) in [6.45, 7) is 6.29. The van der Waals surface area contributed by atoms with Crippen LogP contribution in [0.4, 0.5) is 0 Å². The molecule has 2 heterocycles. The zero-order chi connectivity index (χ0) is 16.2. The summed E-state index contributed by atoms with van der Waals surface area (Å²) in [5.74, 6) is -0.880. The number of fused-ring (bicyclic) bond motifs is 2. The molecular weight excluding hydrogens is 296 g/mol. The van der Waals surface area contributed by atoms with Crippen LogP contribution in [-0.4, -0.2) is 47.2 Å². The molecule has 6 atom stereocenters.